The maximum Gasteiger partial charge on any atom is 0.219 e. The van der Waals surface area contributed by atoms with Crippen molar-refractivity contribution in [2.24, 2.45) is 0 Å². The molecular weight excluding hydrogens is 399 g/mol. The first-order chi connectivity index (χ1) is 13.5. The number of hydrogen-bond donors (Lipinski definition) is 3. The Hall–Kier alpha value is -2.34. The van der Waals surface area contributed by atoms with E-state index in [1.807, 2.05) is 22.0 Å². The largest absolute Gasteiger partial charge is 0.328 e. The minimum Gasteiger partial charge on any atom is -0.328 e. The van der Waals surface area contributed by atoms with E-state index in [9.17, 15) is 4.79 Å². The van der Waals surface area contributed by atoms with Gasteiger partial charge in [0.15, 0.2) is 0 Å². The predicted molar refractivity (Wildman–Crippen MR) is 109 cm³/mol. The van der Waals surface area contributed by atoms with Gasteiger partial charge in [0.2, 0.25) is 5.91 Å². The van der Waals surface area contributed by atoms with Crippen molar-refractivity contribution >= 4 is 34.8 Å². The van der Waals surface area contributed by atoms with E-state index in [2.05, 4.69) is 22.1 Å². The molecule has 0 spiro atoms. The summed E-state index contributed by atoms with van der Waals surface area (Å²) in [6, 6.07) is 14.7. The molecule has 0 saturated carbocycles. The molecule has 146 valence electrons. The highest BCUT2D eigenvalue weighted by atomic mass is 35.5. The lowest BCUT2D eigenvalue weighted by Gasteiger charge is -2.42. The Bertz CT molecular complexity index is 863. The molecule has 1 saturated heterocycles. The number of rotatable bonds is 5. The van der Waals surface area contributed by atoms with Crippen LogP contribution in [0.5, 0.6) is 0 Å². The van der Waals surface area contributed by atoms with Crippen LogP contribution in [0, 0.1) is 11.3 Å². The maximum atomic E-state index is 11.6. The first-order valence-corrected chi connectivity index (χ1v) is 9.41. The summed E-state index contributed by atoms with van der Waals surface area (Å²) in [5, 5.41) is 18.2. The lowest BCUT2D eigenvalue weighted by Crippen LogP contribution is -2.66. The molecule has 3 rings (SSSR count). The van der Waals surface area contributed by atoms with Crippen LogP contribution in [0.4, 0.5) is 5.69 Å². The fourth-order valence-corrected chi connectivity index (χ4v) is 3.43. The number of halogens is 2. The van der Waals surface area contributed by atoms with Crippen molar-refractivity contribution in [1.29, 1.82) is 5.26 Å². The normalized spacial score (nSPS) is 17.7. The summed E-state index contributed by atoms with van der Waals surface area (Å²) in [5.74, 6) is -0.138. The molecule has 1 aliphatic rings. The van der Waals surface area contributed by atoms with Gasteiger partial charge in [0, 0.05) is 34.8 Å². The monoisotopic (exact) mass is 418 g/mol. The van der Waals surface area contributed by atoms with Gasteiger partial charge in [-0.05, 0) is 36.4 Å². The van der Waals surface area contributed by atoms with Gasteiger partial charge in [0.05, 0.1) is 25.0 Å². The van der Waals surface area contributed by atoms with E-state index in [-0.39, 0.29) is 12.2 Å². The highest BCUT2D eigenvalue weighted by Gasteiger charge is 2.28. The van der Waals surface area contributed by atoms with Gasteiger partial charge in [-0.1, -0.05) is 29.3 Å². The SMILES string of the molecule is CC(=O)NC1NCN(Nc2ccc(C#N)cc2)CN1Cc1c(Cl)cccc1Cl. The molecule has 1 aliphatic heterocycles. The zero-order valence-corrected chi connectivity index (χ0v) is 16.8. The topological polar surface area (TPSA) is 83.4 Å². The molecule has 1 atom stereocenters. The molecule has 28 heavy (non-hydrogen) atoms. The van der Waals surface area contributed by atoms with Crippen molar-refractivity contribution in [3.05, 3.63) is 63.6 Å². The molecule has 0 aromatic heterocycles. The number of nitriles is 1. The van der Waals surface area contributed by atoms with Gasteiger partial charge >= 0.3 is 0 Å². The molecule has 9 heteroatoms. The third-order valence-corrected chi connectivity index (χ3v) is 4.97. The van der Waals surface area contributed by atoms with Gasteiger partial charge < -0.3 is 10.7 Å². The van der Waals surface area contributed by atoms with Crippen molar-refractivity contribution in [2.75, 3.05) is 18.8 Å². The fourth-order valence-electron chi connectivity index (χ4n) is 2.92. The van der Waals surface area contributed by atoms with E-state index in [4.69, 9.17) is 28.5 Å². The van der Waals surface area contributed by atoms with Crippen molar-refractivity contribution < 1.29 is 4.79 Å². The van der Waals surface area contributed by atoms with Crippen LogP contribution in [-0.2, 0) is 11.3 Å². The van der Waals surface area contributed by atoms with E-state index in [1.165, 1.54) is 6.92 Å². The van der Waals surface area contributed by atoms with Crippen LogP contribution in [0.25, 0.3) is 0 Å². The Morgan fingerprint density at radius 2 is 1.93 bits per heavy atom. The molecule has 0 bridgehead atoms. The summed E-state index contributed by atoms with van der Waals surface area (Å²) in [7, 11) is 0. The smallest absolute Gasteiger partial charge is 0.219 e. The van der Waals surface area contributed by atoms with Crippen molar-refractivity contribution in [1.82, 2.24) is 20.5 Å². The molecule has 0 radical (unpaired) electrons. The summed E-state index contributed by atoms with van der Waals surface area (Å²) in [4.78, 5) is 13.6. The van der Waals surface area contributed by atoms with E-state index in [0.29, 0.717) is 35.5 Å². The predicted octanol–water partition coefficient (Wildman–Crippen LogP) is 2.93. The average molecular weight is 419 g/mol. The Balaban J connectivity index is 1.74. The molecular formula is C19H20Cl2N6O. The third kappa shape index (κ3) is 5.13. The number of hydrazine groups is 1. The van der Waals surface area contributed by atoms with Gasteiger partial charge in [-0.15, -0.1) is 0 Å². The van der Waals surface area contributed by atoms with E-state index >= 15 is 0 Å². The third-order valence-electron chi connectivity index (χ3n) is 4.26. The second-order valence-corrected chi connectivity index (χ2v) is 7.21. The zero-order valence-electron chi connectivity index (χ0n) is 15.2. The first-order valence-electron chi connectivity index (χ1n) is 8.65. The summed E-state index contributed by atoms with van der Waals surface area (Å²) < 4.78 is 0. The molecule has 1 amide bonds. The minimum absolute atomic E-state index is 0.138. The summed E-state index contributed by atoms with van der Waals surface area (Å²) in [6.45, 7) is 2.92. The molecule has 3 N–H and O–H groups in total. The number of carbonyl (C=O) groups is 1. The van der Waals surface area contributed by atoms with Crippen LogP contribution in [0.15, 0.2) is 42.5 Å². The van der Waals surface area contributed by atoms with Crippen molar-refractivity contribution in [3.63, 3.8) is 0 Å². The standard InChI is InChI=1S/C19H20Cl2N6O/c1-13(28)24-19-23-11-27(25-15-7-5-14(9-22)6-8-15)12-26(19)10-16-17(20)3-2-4-18(16)21/h2-8,19,23,25H,10-12H2,1H3,(H,24,28). The number of benzene rings is 2. The van der Waals surface area contributed by atoms with E-state index < -0.39 is 0 Å². The molecule has 2 aromatic rings. The second kappa shape index (κ2) is 9.24. The summed E-state index contributed by atoms with van der Waals surface area (Å²) >= 11 is 12.6. The van der Waals surface area contributed by atoms with Crippen LogP contribution in [-0.4, -0.2) is 35.4 Å². The van der Waals surface area contributed by atoms with Crippen LogP contribution < -0.4 is 16.1 Å². The Morgan fingerprint density at radius 3 is 2.54 bits per heavy atom. The van der Waals surface area contributed by atoms with Gasteiger partial charge in [0.25, 0.3) is 0 Å². The summed E-state index contributed by atoms with van der Waals surface area (Å²) in [6.07, 6.45) is -0.358. The number of nitrogens with zero attached hydrogens (tertiary/aromatic N) is 3. The Morgan fingerprint density at radius 1 is 1.25 bits per heavy atom. The lowest BCUT2D eigenvalue weighted by molar-refractivity contribution is -0.123. The maximum absolute atomic E-state index is 11.6. The molecule has 1 unspecified atom stereocenters. The van der Waals surface area contributed by atoms with Crippen molar-refractivity contribution in [3.8, 4) is 6.07 Å². The van der Waals surface area contributed by atoms with Gasteiger partial charge in [0.1, 0.15) is 6.29 Å². The first kappa shape index (κ1) is 20.4. The number of nitrogens with one attached hydrogen (secondary N) is 3. The molecule has 1 fully saturated rings. The van der Waals surface area contributed by atoms with E-state index in [1.54, 1.807) is 30.3 Å². The lowest BCUT2D eigenvalue weighted by atomic mass is 10.2. The highest BCUT2D eigenvalue weighted by Crippen LogP contribution is 2.26. The zero-order chi connectivity index (χ0) is 20.1. The highest BCUT2D eigenvalue weighted by molar-refractivity contribution is 6.35. The van der Waals surface area contributed by atoms with Gasteiger partial charge in [-0.2, -0.15) is 10.3 Å². The van der Waals surface area contributed by atoms with Gasteiger partial charge in [-0.3, -0.25) is 15.0 Å². The quantitative estimate of drug-likeness (QED) is 0.692. The number of hydrogen-bond acceptors (Lipinski definition) is 6. The van der Waals surface area contributed by atoms with Crippen LogP contribution in [0.2, 0.25) is 10.0 Å². The second-order valence-electron chi connectivity index (χ2n) is 6.39. The molecule has 0 aliphatic carbocycles. The number of carbonyl (C=O) groups excluding carboxylic acids is 1. The molecule has 7 nitrogen and oxygen atoms in total. The van der Waals surface area contributed by atoms with Crippen LogP contribution in [0.1, 0.15) is 18.1 Å². The average Bonchev–Trinajstić information content (AvgIpc) is 2.67. The van der Waals surface area contributed by atoms with E-state index in [0.717, 1.165) is 11.3 Å². The summed E-state index contributed by atoms with van der Waals surface area (Å²) in [5.41, 5.74) is 5.54. The van der Waals surface area contributed by atoms with Crippen molar-refractivity contribution in [2.45, 2.75) is 19.8 Å². The molecule has 2 aromatic carbocycles. The van der Waals surface area contributed by atoms with Crippen LogP contribution in [0.3, 0.4) is 0 Å². The number of amides is 1. The minimum atomic E-state index is -0.358. The van der Waals surface area contributed by atoms with Crippen LogP contribution >= 0.6 is 23.2 Å². The Kier molecular flexibility index (Phi) is 6.73. The number of anilines is 1. The van der Waals surface area contributed by atoms with Gasteiger partial charge in [-0.25, -0.2) is 0 Å². The fraction of sp³-hybridized carbons (Fsp3) is 0.263. The Labute approximate surface area is 173 Å². The molecule has 1 heterocycles.